The van der Waals surface area contributed by atoms with Gasteiger partial charge in [0.2, 0.25) is 17.6 Å². The van der Waals surface area contributed by atoms with Gasteiger partial charge in [0.05, 0.1) is 17.7 Å². The zero-order valence-electron chi connectivity index (χ0n) is 14.8. The third kappa shape index (κ3) is 4.15. The molecule has 7 heteroatoms. The normalized spacial score (nSPS) is 10.8. The van der Waals surface area contributed by atoms with Gasteiger partial charge >= 0.3 is 0 Å². The first-order valence-electron chi connectivity index (χ1n) is 8.66. The van der Waals surface area contributed by atoms with Crippen molar-refractivity contribution in [3.8, 4) is 10.7 Å². The van der Waals surface area contributed by atoms with Crippen molar-refractivity contribution < 1.29 is 13.7 Å². The molecule has 0 radical (unpaired) electrons. The fourth-order valence-corrected chi connectivity index (χ4v) is 3.45. The summed E-state index contributed by atoms with van der Waals surface area (Å²) >= 11 is 1.54. The first kappa shape index (κ1) is 18.1. The minimum absolute atomic E-state index is 0.0376. The number of para-hydroxylation sites is 1. The lowest BCUT2D eigenvalue weighted by Crippen LogP contribution is -2.16. The van der Waals surface area contributed by atoms with Crippen LogP contribution in [0.5, 0.6) is 0 Å². The fourth-order valence-electron chi connectivity index (χ4n) is 2.80. The van der Waals surface area contributed by atoms with Gasteiger partial charge < -0.3 is 9.84 Å². The molecule has 0 aliphatic carbocycles. The maximum atomic E-state index is 13.8. The number of rotatable bonds is 6. The van der Waals surface area contributed by atoms with Crippen LogP contribution in [0.15, 0.2) is 70.6 Å². The number of nitrogens with zero attached hydrogens (tertiary/aromatic N) is 2. The lowest BCUT2D eigenvalue weighted by molar-refractivity contribution is -0.115. The molecule has 2 heterocycles. The van der Waals surface area contributed by atoms with Crippen LogP contribution in [0.1, 0.15) is 17.0 Å². The van der Waals surface area contributed by atoms with Crippen LogP contribution < -0.4 is 5.32 Å². The van der Waals surface area contributed by atoms with Crippen molar-refractivity contribution in [1.29, 1.82) is 0 Å². The van der Waals surface area contributed by atoms with Crippen LogP contribution in [0.2, 0.25) is 0 Å². The second-order valence-corrected chi connectivity index (χ2v) is 7.09. The summed E-state index contributed by atoms with van der Waals surface area (Å²) in [5.41, 5.74) is 1.83. The Labute approximate surface area is 164 Å². The van der Waals surface area contributed by atoms with Crippen LogP contribution >= 0.6 is 11.3 Å². The van der Waals surface area contributed by atoms with Crippen molar-refractivity contribution in [3.05, 3.63) is 88.9 Å². The Morgan fingerprint density at radius 1 is 1.04 bits per heavy atom. The molecule has 0 unspecified atom stereocenters. The maximum absolute atomic E-state index is 13.8. The molecule has 0 saturated carbocycles. The number of amides is 1. The Balaban J connectivity index is 1.48. The summed E-state index contributed by atoms with van der Waals surface area (Å²) in [6.07, 6.45) is 0.346. The largest absolute Gasteiger partial charge is 0.339 e. The van der Waals surface area contributed by atoms with Crippen LogP contribution in [0.25, 0.3) is 10.7 Å². The van der Waals surface area contributed by atoms with E-state index in [-0.39, 0.29) is 12.3 Å². The summed E-state index contributed by atoms with van der Waals surface area (Å²) < 4.78 is 19.1. The van der Waals surface area contributed by atoms with Gasteiger partial charge in [-0.25, -0.2) is 4.39 Å². The summed E-state index contributed by atoms with van der Waals surface area (Å²) in [7, 11) is 0. The van der Waals surface area contributed by atoms with Crippen molar-refractivity contribution in [3.63, 3.8) is 0 Å². The highest BCUT2D eigenvalue weighted by Crippen LogP contribution is 2.24. The van der Waals surface area contributed by atoms with E-state index >= 15 is 0 Å². The molecule has 0 spiro atoms. The number of benzene rings is 2. The van der Waals surface area contributed by atoms with Crippen LogP contribution in [0.3, 0.4) is 0 Å². The number of hydrogen-bond acceptors (Lipinski definition) is 5. The van der Waals surface area contributed by atoms with Gasteiger partial charge in [0.1, 0.15) is 5.82 Å². The molecule has 0 aliphatic heterocycles. The summed E-state index contributed by atoms with van der Waals surface area (Å²) in [4.78, 5) is 17.7. The van der Waals surface area contributed by atoms with E-state index in [0.29, 0.717) is 29.4 Å². The van der Waals surface area contributed by atoms with E-state index in [1.807, 2.05) is 35.7 Å². The number of hydrogen-bond donors (Lipinski definition) is 1. The Bertz CT molecular complexity index is 1090. The molecule has 0 fully saturated rings. The Kier molecular flexibility index (Phi) is 5.25. The molecule has 0 atom stereocenters. The lowest BCUT2D eigenvalue weighted by atomic mass is 10.1. The molecule has 4 aromatic rings. The average molecular weight is 393 g/mol. The van der Waals surface area contributed by atoms with E-state index in [1.54, 1.807) is 24.3 Å². The third-order valence-corrected chi connectivity index (χ3v) is 5.02. The first-order chi connectivity index (χ1) is 13.7. The van der Waals surface area contributed by atoms with E-state index in [1.165, 1.54) is 17.4 Å². The Morgan fingerprint density at radius 2 is 1.82 bits per heavy atom. The monoisotopic (exact) mass is 393 g/mol. The van der Waals surface area contributed by atoms with E-state index in [4.69, 9.17) is 4.52 Å². The topological polar surface area (TPSA) is 68.0 Å². The average Bonchev–Trinajstić information content (AvgIpc) is 3.37. The van der Waals surface area contributed by atoms with Gasteiger partial charge in [0.15, 0.2) is 0 Å². The lowest BCUT2D eigenvalue weighted by Gasteiger charge is -2.10. The minimum Gasteiger partial charge on any atom is -0.339 e. The molecule has 0 bridgehead atoms. The number of halogens is 1. The molecule has 0 saturated heterocycles. The Hall–Kier alpha value is -3.32. The summed E-state index contributed by atoms with van der Waals surface area (Å²) in [6, 6.07) is 17.5. The number of nitrogens with one attached hydrogen (secondary N) is 1. The van der Waals surface area contributed by atoms with Gasteiger partial charge in [0.25, 0.3) is 0 Å². The zero-order valence-corrected chi connectivity index (χ0v) is 15.6. The summed E-state index contributed by atoms with van der Waals surface area (Å²) in [6.45, 7) is 0. The van der Waals surface area contributed by atoms with Crippen molar-refractivity contribution in [2.45, 2.75) is 12.8 Å². The van der Waals surface area contributed by atoms with Crippen LogP contribution in [0, 0.1) is 5.82 Å². The van der Waals surface area contributed by atoms with Gasteiger partial charge in [-0.2, -0.15) is 4.98 Å². The van der Waals surface area contributed by atoms with Crippen LogP contribution in [-0.4, -0.2) is 16.0 Å². The fraction of sp³-hybridized carbons (Fsp3) is 0.0952. The van der Waals surface area contributed by atoms with Crippen molar-refractivity contribution in [2.75, 3.05) is 5.32 Å². The summed E-state index contributed by atoms with van der Waals surface area (Å²) in [5.74, 6) is 0.325. The minimum atomic E-state index is -0.391. The number of thiophene rings is 1. The first-order valence-corrected chi connectivity index (χ1v) is 9.54. The highest BCUT2D eigenvalue weighted by molar-refractivity contribution is 7.13. The number of carbonyl (C=O) groups excluding carboxylic acids is 1. The number of aromatic nitrogens is 2. The van der Waals surface area contributed by atoms with E-state index in [9.17, 15) is 9.18 Å². The number of anilines is 1. The molecule has 140 valence electrons. The van der Waals surface area contributed by atoms with Crippen molar-refractivity contribution in [2.24, 2.45) is 0 Å². The predicted molar refractivity (Wildman–Crippen MR) is 106 cm³/mol. The van der Waals surface area contributed by atoms with Crippen molar-refractivity contribution >= 4 is 22.9 Å². The highest BCUT2D eigenvalue weighted by Gasteiger charge is 2.14. The molecule has 1 amide bonds. The Morgan fingerprint density at radius 3 is 2.61 bits per heavy atom. The zero-order chi connectivity index (χ0) is 19.3. The van der Waals surface area contributed by atoms with E-state index in [2.05, 4.69) is 15.5 Å². The van der Waals surface area contributed by atoms with Gasteiger partial charge in [-0.15, -0.1) is 11.3 Å². The smallest absolute Gasteiger partial charge is 0.231 e. The summed E-state index contributed by atoms with van der Waals surface area (Å²) in [5, 5.41) is 8.80. The van der Waals surface area contributed by atoms with Gasteiger partial charge in [0, 0.05) is 5.69 Å². The maximum Gasteiger partial charge on any atom is 0.231 e. The van der Waals surface area contributed by atoms with E-state index in [0.717, 1.165) is 10.4 Å². The molecular formula is C21H16FN3O2S. The predicted octanol–water partition coefficient (Wildman–Crippen LogP) is 4.71. The van der Waals surface area contributed by atoms with Crippen LogP contribution in [0.4, 0.5) is 10.1 Å². The van der Waals surface area contributed by atoms with Gasteiger partial charge in [-0.05, 0) is 34.7 Å². The second kappa shape index (κ2) is 8.14. The second-order valence-electron chi connectivity index (χ2n) is 6.14. The molecular weight excluding hydrogens is 377 g/mol. The molecule has 2 aromatic carbocycles. The third-order valence-electron chi connectivity index (χ3n) is 4.15. The molecule has 0 aliphatic rings. The highest BCUT2D eigenvalue weighted by atomic mass is 32.1. The van der Waals surface area contributed by atoms with Crippen molar-refractivity contribution in [1.82, 2.24) is 10.1 Å². The molecule has 2 aromatic heterocycles. The molecule has 4 rings (SSSR count). The molecule has 1 N–H and O–H groups in total. The SMILES string of the molecule is O=C(Cc1ccccc1F)Nc1ccccc1Cc1nc(-c2cccs2)no1. The van der Waals surface area contributed by atoms with Crippen LogP contribution in [-0.2, 0) is 17.6 Å². The number of carbonyl (C=O) groups is 1. The van der Waals surface area contributed by atoms with E-state index < -0.39 is 5.82 Å². The molecule has 5 nitrogen and oxygen atoms in total. The quantitative estimate of drug-likeness (QED) is 0.515. The van der Waals surface area contributed by atoms with Gasteiger partial charge in [-0.1, -0.05) is 47.6 Å². The standard InChI is InChI=1S/C21H16FN3O2S/c22-16-8-3-1-6-14(16)12-19(26)23-17-9-4-2-7-15(17)13-20-24-21(25-27-20)18-10-5-11-28-18/h1-11H,12-13H2,(H,23,26). The molecule has 28 heavy (non-hydrogen) atoms. The van der Waals surface area contributed by atoms with Gasteiger partial charge in [-0.3, -0.25) is 4.79 Å².